The van der Waals surface area contributed by atoms with Crippen LogP contribution in [0.3, 0.4) is 0 Å². The third-order valence-electron chi connectivity index (χ3n) is 4.64. The predicted molar refractivity (Wildman–Crippen MR) is 98.8 cm³/mol. The maximum Gasteiger partial charge on any atom is 0.235 e. The molecule has 0 saturated carbocycles. The standard InChI is InChI=1S/C20H24N3O2/c21-20(25)18-12-5-2-6-13-23(18)14-15-8-7-11-17(19(15)24)22-16-9-3-1-4-10-16/h1,3-4,7-12,17-18,22H,2,5-6,13-14H2,(H2,21,25)/t17-,18?/m0/s1. The topological polar surface area (TPSA) is 75.4 Å². The van der Waals surface area contributed by atoms with Crippen LogP contribution in [-0.4, -0.2) is 41.8 Å². The first-order valence-corrected chi connectivity index (χ1v) is 8.75. The van der Waals surface area contributed by atoms with E-state index in [9.17, 15) is 9.59 Å². The number of hydrogen-bond donors (Lipinski definition) is 2. The smallest absolute Gasteiger partial charge is 0.235 e. The zero-order valence-corrected chi connectivity index (χ0v) is 14.2. The molecule has 1 aliphatic carbocycles. The SMILES string of the molecule is NC(=O)C1[CH]CCCCN1CC1=CC=C[C@H](Nc2ccccc2)C1=O. The van der Waals surface area contributed by atoms with Crippen LogP contribution in [0.25, 0.3) is 0 Å². The van der Waals surface area contributed by atoms with E-state index < -0.39 is 6.04 Å². The second kappa shape index (κ2) is 8.12. The van der Waals surface area contributed by atoms with Crippen LogP contribution >= 0.6 is 0 Å². The van der Waals surface area contributed by atoms with Crippen LogP contribution in [0.15, 0.2) is 54.1 Å². The van der Waals surface area contributed by atoms with Crippen molar-refractivity contribution < 1.29 is 9.59 Å². The Hall–Kier alpha value is -2.40. The van der Waals surface area contributed by atoms with E-state index in [2.05, 4.69) is 5.32 Å². The summed E-state index contributed by atoms with van der Waals surface area (Å²) in [5, 5.41) is 3.25. The minimum absolute atomic E-state index is 0.0406. The first-order chi connectivity index (χ1) is 12.1. The minimum Gasteiger partial charge on any atom is -0.372 e. The van der Waals surface area contributed by atoms with Gasteiger partial charge in [-0.3, -0.25) is 14.5 Å². The number of rotatable bonds is 5. The third-order valence-corrected chi connectivity index (χ3v) is 4.64. The molecule has 131 valence electrons. The molecule has 2 atom stereocenters. The van der Waals surface area contributed by atoms with E-state index in [1.165, 1.54) is 0 Å². The van der Waals surface area contributed by atoms with Crippen molar-refractivity contribution in [2.24, 2.45) is 5.73 Å². The van der Waals surface area contributed by atoms with E-state index in [4.69, 9.17) is 5.73 Å². The van der Waals surface area contributed by atoms with Crippen LogP contribution in [0.4, 0.5) is 5.69 Å². The summed E-state index contributed by atoms with van der Waals surface area (Å²) in [7, 11) is 0. The first-order valence-electron chi connectivity index (χ1n) is 8.75. The van der Waals surface area contributed by atoms with Gasteiger partial charge in [-0.05, 0) is 37.9 Å². The molecule has 1 aromatic carbocycles. The molecular formula is C20H24N3O2. The summed E-state index contributed by atoms with van der Waals surface area (Å²) in [5.74, 6) is -0.306. The Bertz CT molecular complexity index is 681. The Kier molecular flexibility index (Phi) is 5.66. The normalized spacial score (nSPS) is 24.5. The fraction of sp³-hybridized carbons (Fsp3) is 0.350. The van der Waals surface area contributed by atoms with Crippen LogP contribution < -0.4 is 11.1 Å². The molecule has 1 fully saturated rings. The lowest BCUT2D eigenvalue weighted by Gasteiger charge is -2.29. The molecule has 5 heteroatoms. The van der Waals surface area contributed by atoms with Gasteiger partial charge in [0.25, 0.3) is 0 Å². The molecular weight excluding hydrogens is 314 g/mol. The predicted octanol–water partition coefficient (Wildman–Crippen LogP) is 2.08. The number of carbonyl (C=O) groups excluding carboxylic acids is 2. The molecule has 0 aromatic heterocycles. The molecule has 1 saturated heterocycles. The molecule has 1 aliphatic heterocycles. The lowest BCUT2D eigenvalue weighted by atomic mass is 9.97. The second-order valence-electron chi connectivity index (χ2n) is 6.48. The van der Waals surface area contributed by atoms with Crippen LogP contribution in [0.1, 0.15) is 19.3 Å². The molecule has 3 rings (SSSR count). The average molecular weight is 338 g/mol. The van der Waals surface area contributed by atoms with Crippen molar-refractivity contribution in [1.82, 2.24) is 4.90 Å². The van der Waals surface area contributed by atoms with Crippen LogP contribution in [0, 0.1) is 6.42 Å². The lowest BCUT2D eigenvalue weighted by Crippen LogP contribution is -2.47. The van der Waals surface area contributed by atoms with E-state index in [0.717, 1.165) is 31.5 Å². The van der Waals surface area contributed by atoms with Gasteiger partial charge in [-0.2, -0.15) is 0 Å². The Labute approximate surface area is 148 Å². The van der Waals surface area contributed by atoms with Gasteiger partial charge in [0.1, 0.15) is 6.04 Å². The number of benzene rings is 1. The van der Waals surface area contributed by atoms with Gasteiger partial charge < -0.3 is 11.1 Å². The first kappa shape index (κ1) is 17.4. The maximum atomic E-state index is 12.8. The number of anilines is 1. The number of carbonyl (C=O) groups is 2. The number of hydrogen-bond acceptors (Lipinski definition) is 4. The van der Waals surface area contributed by atoms with Gasteiger partial charge in [0.2, 0.25) is 5.91 Å². The van der Waals surface area contributed by atoms with Crippen LogP contribution in [0.2, 0.25) is 0 Å². The Morgan fingerprint density at radius 2 is 2.04 bits per heavy atom. The number of likely N-dealkylation sites (tertiary alicyclic amines) is 1. The number of amides is 1. The lowest BCUT2D eigenvalue weighted by molar-refractivity contribution is -0.122. The van der Waals surface area contributed by atoms with Gasteiger partial charge in [0, 0.05) is 17.8 Å². The van der Waals surface area contributed by atoms with Gasteiger partial charge in [-0.15, -0.1) is 0 Å². The monoisotopic (exact) mass is 338 g/mol. The number of allylic oxidation sites excluding steroid dienone is 2. The summed E-state index contributed by atoms with van der Waals surface area (Å²) in [6.45, 7) is 1.22. The molecule has 1 heterocycles. The van der Waals surface area contributed by atoms with Crippen molar-refractivity contribution in [2.75, 3.05) is 18.4 Å². The summed E-state index contributed by atoms with van der Waals surface area (Å²) >= 11 is 0. The molecule has 5 nitrogen and oxygen atoms in total. The second-order valence-corrected chi connectivity index (χ2v) is 6.48. The maximum absolute atomic E-state index is 12.8. The van der Waals surface area contributed by atoms with Crippen molar-refractivity contribution in [3.8, 4) is 0 Å². The molecule has 1 radical (unpaired) electrons. The highest BCUT2D eigenvalue weighted by atomic mass is 16.1. The highest BCUT2D eigenvalue weighted by Crippen LogP contribution is 2.20. The molecule has 0 bridgehead atoms. The fourth-order valence-corrected chi connectivity index (χ4v) is 3.33. The average Bonchev–Trinajstić information content (AvgIpc) is 2.85. The molecule has 1 aromatic rings. The van der Waals surface area contributed by atoms with E-state index in [0.29, 0.717) is 12.1 Å². The Balaban J connectivity index is 1.69. The number of para-hydroxylation sites is 1. The van der Waals surface area contributed by atoms with Gasteiger partial charge in [0.15, 0.2) is 5.78 Å². The molecule has 0 spiro atoms. The summed E-state index contributed by atoms with van der Waals surface area (Å²) in [6, 6.07) is 8.89. The van der Waals surface area contributed by atoms with Crippen molar-refractivity contribution in [2.45, 2.75) is 31.3 Å². The van der Waals surface area contributed by atoms with Crippen LogP contribution in [0.5, 0.6) is 0 Å². The van der Waals surface area contributed by atoms with Crippen molar-refractivity contribution in [3.05, 3.63) is 60.6 Å². The highest BCUT2D eigenvalue weighted by molar-refractivity contribution is 6.04. The van der Waals surface area contributed by atoms with Gasteiger partial charge >= 0.3 is 0 Å². The van der Waals surface area contributed by atoms with Gasteiger partial charge in [-0.1, -0.05) is 42.8 Å². The number of Topliss-reactive ketones (excluding diaryl/α,β-unsaturated/α-hetero) is 1. The zero-order chi connectivity index (χ0) is 17.6. The third kappa shape index (κ3) is 4.37. The molecule has 3 N–H and O–H groups in total. The summed E-state index contributed by atoms with van der Waals surface area (Å²) in [5.41, 5.74) is 7.17. The highest BCUT2D eigenvalue weighted by Gasteiger charge is 2.29. The molecule has 1 unspecified atom stereocenters. The van der Waals surface area contributed by atoms with Crippen molar-refractivity contribution in [3.63, 3.8) is 0 Å². The number of ketones is 1. The largest absolute Gasteiger partial charge is 0.372 e. The van der Waals surface area contributed by atoms with Crippen LogP contribution in [-0.2, 0) is 9.59 Å². The zero-order valence-electron chi connectivity index (χ0n) is 14.2. The van der Waals surface area contributed by atoms with Gasteiger partial charge in [0.05, 0.1) is 6.04 Å². The number of nitrogens with two attached hydrogens (primary N) is 1. The quantitative estimate of drug-likeness (QED) is 0.862. The van der Waals surface area contributed by atoms with E-state index in [1.807, 2.05) is 59.9 Å². The van der Waals surface area contributed by atoms with E-state index in [-0.39, 0.29) is 17.7 Å². The Morgan fingerprint density at radius 3 is 2.80 bits per heavy atom. The Morgan fingerprint density at radius 1 is 1.24 bits per heavy atom. The van der Waals surface area contributed by atoms with Crippen molar-refractivity contribution in [1.29, 1.82) is 0 Å². The van der Waals surface area contributed by atoms with E-state index >= 15 is 0 Å². The molecule has 25 heavy (non-hydrogen) atoms. The van der Waals surface area contributed by atoms with Crippen molar-refractivity contribution >= 4 is 17.4 Å². The summed E-state index contributed by atoms with van der Waals surface area (Å²) in [4.78, 5) is 26.6. The minimum atomic E-state index is -0.400. The van der Waals surface area contributed by atoms with E-state index in [1.54, 1.807) is 0 Å². The number of nitrogens with one attached hydrogen (secondary N) is 1. The van der Waals surface area contributed by atoms with Gasteiger partial charge in [-0.25, -0.2) is 0 Å². The molecule has 2 aliphatic rings. The summed E-state index contributed by atoms with van der Waals surface area (Å²) < 4.78 is 0. The number of primary amides is 1. The fourth-order valence-electron chi connectivity index (χ4n) is 3.33. The summed E-state index contributed by atoms with van der Waals surface area (Å²) in [6.07, 6.45) is 10.5. The molecule has 1 amide bonds. The number of nitrogens with zero attached hydrogens (tertiary/aromatic N) is 1.